The first kappa shape index (κ1) is 10.9. The normalized spacial score (nSPS) is 11.1. The van der Waals surface area contributed by atoms with E-state index in [9.17, 15) is 4.79 Å². The van der Waals surface area contributed by atoms with Crippen molar-refractivity contribution in [2.45, 2.75) is 13.5 Å². The molecule has 1 amide bonds. The highest BCUT2D eigenvalue weighted by molar-refractivity contribution is 7.84. The first-order chi connectivity index (χ1) is 6.68. The van der Waals surface area contributed by atoms with Crippen molar-refractivity contribution in [2.24, 2.45) is 0 Å². The van der Waals surface area contributed by atoms with Gasteiger partial charge in [-0.2, -0.15) is 0 Å². The van der Waals surface area contributed by atoms with E-state index in [0.29, 0.717) is 11.4 Å². The highest BCUT2D eigenvalue weighted by atomic mass is 32.1. The van der Waals surface area contributed by atoms with E-state index in [2.05, 4.69) is 17.9 Å². The van der Waals surface area contributed by atoms with E-state index in [4.69, 9.17) is 0 Å². The lowest BCUT2D eigenvalue weighted by atomic mass is 10.2. The van der Waals surface area contributed by atoms with Gasteiger partial charge < -0.3 is 5.32 Å². The molecule has 1 N–H and O–H groups in total. The molecular formula is C11H13NOS. The second-order valence-corrected chi connectivity index (χ2v) is 3.69. The van der Waals surface area contributed by atoms with Crippen LogP contribution in [0.5, 0.6) is 0 Å². The average Bonchev–Trinajstić information content (AvgIpc) is 2.15. The lowest BCUT2D eigenvalue weighted by Gasteiger charge is -2.01. The number of nitrogens with one attached hydrogen (secondary N) is 1. The van der Waals surface area contributed by atoms with Gasteiger partial charge in [0.15, 0.2) is 0 Å². The summed E-state index contributed by atoms with van der Waals surface area (Å²) in [5.41, 5.74) is 1.09. The standard InChI is InChI=1S/C11H13NOS/c1-9(14)7-11(13)12-8-10-5-3-2-4-6-10/h2-7,14H,8H2,1H3,(H,12,13)/b9-7-. The van der Waals surface area contributed by atoms with Gasteiger partial charge in [-0.3, -0.25) is 4.79 Å². The largest absolute Gasteiger partial charge is 0.348 e. The molecule has 0 aliphatic carbocycles. The number of hydrogen-bond donors (Lipinski definition) is 2. The average molecular weight is 207 g/mol. The van der Waals surface area contributed by atoms with Gasteiger partial charge in [-0.15, -0.1) is 12.6 Å². The highest BCUT2D eigenvalue weighted by Crippen LogP contribution is 1.99. The molecule has 74 valence electrons. The van der Waals surface area contributed by atoms with Crippen LogP contribution in [0, 0.1) is 0 Å². The second kappa shape index (κ2) is 5.50. The minimum Gasteiger partial charge on any atom is -0.348 e. The molecule has 1 rings (SSSR count). The molecule has 0 aliphatic rings. The van der Waals surface area contributed by atoms with Crippen molar-refractivity contribution >= 4 is 18.5 Å². The van der Waals surface area contributed by atoms with Gasteiger partial charge in [0.2, 0.25) is 5.91 Å². The molecule has 2 nitrogen and oxygen atoms in total. The maximum atomic E-state index is 11.2. The molecule has 14 heavy (non-hydrogen) atoms. The minimum absolute atomic E-state index is 0.110. The van der Waals surface area contributed by atoms with E-state index in [-0.39, 0.29) is 5.91 Å². The van der Waals surface area contributed by atoms with Gasteiger partial charge in [-0.25, -0.2) is 0 Å². The van der Waals surface area contributed by atoms with Gasteiger partial charge in [0.1, 0.15) is 0 Å². The van der Waals surface area contributed by atoms with Crippen molar-refractivity contribution in [3.05, 3.63) is 46.9 Å². The topological polar surface area (TPSA) is 29.1 Å². The van der Waals surface area contributed by atoms with Crippen LogP contribution in [-0.4, -0.2) is 5.91 Å². The van der Waals surface area contributed by atoms with Crippen LogP contribution in [0.4, 0.5) is 0 Å². The number of hydrogen-bond acceptors (Lipinski definition) is 2. The van der Waals surface area contributed by atoms with E-state index in [0.717, 1.165) is 5.56 Å². The maximum Gasteiger partial charge on any atom is 0.245 e. The van der Waals surface area contributed by atoms with Crippen LogP contribution < -0.4 is 5.32 Å². The molecule has 0 saturated heterocycles. The first-order valence-corrected chi connectivity index (χ1v) is 4.82. The van der Waals surface area contributed by atoms with Crippen LogP contribution >= 0.6 is 12.6 Å². The summed E-state index contributed by atoms with van der Waals surface area (Å²) in [5.74, 6) is -0.110. The summed E-state index contributed by atoms with van der Waals surface area (Å²) in [6.45, 7) is 2.32. The maximum absolute atomic E-state index is 11.2. The molecule has 0 spiro atoms. The zero-order chi connectivity index (χ0) is 10.4. The number of carbonyl (C=O) groups is 1. The van der Waals surface area contributed by atoms with Crippen molar-refractivity contribution < 1.29 is 4.79 Å². The molecule has 0 fully saturated rings. The Kier molecular flexibility index (Phi) is 4.26. The minimum atomic E-state index is -0.110. The Labute approximate surface area is 89.4 Å². The summed E-state index contributed by atoms with van der Waals surface area (Å²) in [4.78, 5) is 11.9. The molecule has 0 saturated carbocycles. The SMILES string of the molecule is C/C(S)=C/C(=O)NCc1ccccc1. The molecule has 0 atom stereocenters. The molecule has 1 aromatic rings. The van der Waals surface area contributed by atoms with E-state index < -0.39 is 0 Å². The fourth-order valence-corrected chi connectivity index (χ4v) is 1.14. The zero-order valence-electron chi connectivity index (χ0n) is 8.03. The quantitative estimate of drug-likeness (QED) is 0.577. The van der Waals surface area contributed by atoms with E-state index in [1.165, 1.54) is 6.08 Å². The Morgan fingerprint density at radius 3 is 2.64 bits per heavy atom. The fraction of sp³-hybridized carbons (Fsp3) is 0.182. The number of benzene rings is 1. The number of rotatable bonds is 3. The summed E-state index contributed by atoms with van der Waals surface area (Å²) in [5, 5.41) is 2.77. The molecule has 0 bridgehead atoms. The van der Waals surface area contributed by atoms with E-state index in [1.54, 1.807) is 6.92 Å². The molecule has 0 heterocycles. The summed E-state index contributed by atoms with van der Waals surface area (Å²) < 4.78 is 0. The summed E-state index contributed by atoms with van der Waals surface area (Å²) >= 11 is 4.02. The monoisotopic (exact) mass is 207 g/mol. The van der Waals surface area contributed by atoms with E-state index in [1.807, 2.05) is 30.3 Å². The van der Waals surface area contributed by atoms with Gasteiger partial charge in [0.25, 0.3) is 0 Å². The Bertz CT molecular complexity index is 328. The predicted octanol–water partition coefficient (Wildman–Crippen LogP) is 2.14. The van der Waals surface area contributed by atoms with Crippen LogP contribution in [0.1, 0.15) is 12.5 Å². The Morgan fingerprint density at radius 2 is 2.07 bits per heavy atom. The number of amides is 1. The first-order valence-electron chi connectivity index (χ1n) is 4.37. The Hall–Kier alpha value is -1.22. The summed E-state index contributed by atoms with van der Waals surface area (Å²) in [6, 6.07) is 9.78. The van der Waals surface area contributed by atoms with Crippen LogP contribution in [0.15, 0.2) is 41.3 Å². The van der Waals surface area contributed by atoms with Crippen molar-refractivity contribution in [1.82, 2.24) is 5.32 Å². The van der Waals surface area contributed by atoms with Gasteiger partial charge in [0, 0.05) is 12.6 Å². The molecule has 0 aliphatic heterocycles. The number of thiol groups is 1. The van der Waals surface area contributed by atoms with Gasteiger partial charge in [0.05, 0.1) is 0 Å². The molecule has 3 heteroatoms. The van der Waals surface area contributed by atoms with Crippen LogP contribution in [-0.2, 0) is 11.3 Å². The van der Waals surface area contributed by atoms with Crippen molar-refractivity contribution in [3.8, 4) is 0 Å². The predicted molar refractivity (Wildman–Crippen MR) is 61.0 cm³/mol. The van der Waals surface area contributed by atoms with Gasteiger partial charge in [-0.05, 0) is 17.4 Å². The third-order valence-electron chi connectivity index (χ3n) is 1.65. The van der Waals surface area contributed by atoms with Gasteiger partial charge >= 0.3 is 0 Å². The summed E-state index contributed by atoms with van der Waals surface area (Å²) in [7, 11) is 0. The third-order valence-corrected chi connectivity index (χ3v) is 1.78. The second-order valence-electron chi connectivity index (χ2n) is 2.99. The van der Waals surface area contributed by atoms with Gasteiger partial charge in [-0.1, -0.05) is 30.3 Å². The van der Waals surface area contributed by atoms with Crippen molar-refractivity contribution in [2.75, 3.05) is 0 Å². The zero-order valence-corrected chi connectivity index (χ0v) is 8.92. The van der Waals surface area contributed by atoms with Crippen LogP contribution in [0.3, 0.4) is 0 Å². The smallest absolute Gasteiger partial charge is 0.245 e. The molecule has 1 aromatic carbocycles. The van der Waals surface area contributed by atoms with Crippen LogP contribution in [0.2, 0.25) is 0 Å². The molecule has 0 aromatic heterocycles. The lowest BCUT2D eigenvalue weighted by Crippen LogP contribution is -2.20. The fourth-order valence-electron chi connectivity index (χ4n) is 1.03. The highest BCUT2D eigenvalue weighted by Gasteiger charge is 1.96. The number of allylic oxidation sites excluding steroid dienone is 1. The molecule has 0 radical (unpaired) electrons. The summed E-state index contributed by atoms with van der Waals surface area (Å²) in [6.07, 6.45) is 1.46. The van der Waals surface area contributed by atoms with Crippen molar-refractivity contribution in [3.63, 3.8) is 0 Å². The number of carbonyl (C=O) groups excluding carboxylic acids is 1. The Balaban J connectivity index is 2.42. The molecule has 0 unspecified atom stereocenters. The lowest BCUT2D eigenvalue weighted by molar-refractivity contribution is -0.116. The molecular weight excluding hydrogens is 194 g/mol. The third kappa shape index (κ3) is 4.14. The Morgan fingerprint density at radius 1 is 1.43 bits per heavy atom. The van der Waals surface area contributed by atoms with Crippen molar-refractivity contribution in [1.29, 1.82) is 0 Å². The van der Waals surface area contributed by atoms with E-state index >= 15 is 0 Å². The van der Waals surface area contributed by atoms with Crippen LogP contribution in [0.25, 0.3) is 0 Å².